The van der Waals surface area contributed by atoms with Crippen LogP contribution in [0.25, 0.3) is 0 Å². The highest BCUT2D eigenvalue weighted by Crippen LogP contribution is 2.22. The normalized spacial score (nSPS) is 24.2. The van der Waals surface area contributed by atoms with Crippen LogP contribution >= 0.6 is 11.6 Å². The lowest BCUT2D eigenvalue weighted by molar-refractivity contribution is -0.150. The molecule has 1 saturated heterocycles. The quantitative estimate of drug-likeness (QED) is 0.523. The van der Waals surface area contributed by atoms with Crippen molar-refractivity contribution < 1.29 is 20.1 Å². The number of hydrogen-bond acceptors (Lipinski definition) is 5. The second kappa shape index (κ2) is 8.78. The van der Waals surface area contributed by atoms with Crippen LogP contribution < -0.4 is 5.32 Å². The molecule has 0 unspecified atom stereocenters. The van der Waals surface area contributed by atoms with E-state index in [1.54, 1.807) is 17.0 Å². The summed E-state index contributed by atoms with van der Waals surface area (Å²) in [6, 6.07) is 7.10. The van der Waals surface area contributed by atoms with Crippen LogP contribution in [0.15, 0.2) is 24.3 Å². The van der Waals surface area contributed by atoms with Gasteiger partial charge in [-0.25, -0.2) is 0 Å². The van der Waals surface area contributed by atoms with Crippen LogP contribution in [-0.2, 0) is 11.2 Å². The lowest BCUT2D eigenvalue weighted by atomic mass is 9.89. The minimum atomic E-state index is -1.37. The SMILES string of the molecule is O=C(Cc1ccc(Cl)cc1)N1CC[C@@H](O)[C@](O)(CNCCCO)C1. The van der Waals surface area contributed by atoms with E-state index in [9.17, 15) is 15.0 Å². The number of aliphatic hydroxyl groups is 3. The highest BCUT2D eigenvalue weighted by atomic mass is 35.5. The van der Waals surface area contributed by atoms with Gasteiger partial charge in [0.25, 0.3) is 0 Å². The number of nitrogens with one attached hydrogen (secondary N) is 1. The van der Waals surface area contributed by atoms with Gasteiger partial charge in [-0.3, -0.25) is 4.79 Å². The van der Waals surface area contributed by atoms with E-state index in [4.69, 9.17) is 16.7 Å². The number of nitrogens with zero attached hydrogens (tertiary/aromatic N) is 1. The molecule has 24 heavy (non-hydrogen) atoms. The van der Waals surface area contributed by atoms with Crippen LogP contribution in [-0.4, -0.2) is 70.6 Å². The zero-order chi connectivity index (χ0) is 17.6. The predicted octanol–water partition coefficient (Wildman–Crippen LogP) is 0.179. The van der Waals surface area contributed by atoms with Gasteiger partial charge in [-0.2, -0.15) is 0 Å². The number of amides is 1. The summed E-state index contributed by atoms with van der Waals surface area (Å²) in [5, 5.41) is 33.2. The number of rotatable bonds is 7. The van der Waals surface area contributed by atoms with E-state index in [-0.39, 0.29) is 32.0 Å². The van der Waals surface area contributed by atoms with Gasteiger partial charge in [0.2, 0.25) is 5.91 Å². The fourth-order valence-corrected chi connectivity index (χ4v) is 2.97. The largest absolute Gasteiger partial charge is 0.396 e. The maximum Gasteiger partial charge on any atom is 0.227 e. The molecule has 2 atom stereocenters. The molecular formula is C17H25ClN2O4. The molecule has 0 aromatic heterocycles. The fraction of sp³-hybridized carbons (Fsp3) is 0.588. The number of aliphatic hydroxyl groups excluding tert-OH is 2. The van der Waals surface area contributed by atoms with Crippen molar-refractivity contribution in [2.45, 2.75) is 31.0 Å². The molecule has 0 aliphatic carbocycles. The molecule has 6 nitrogen and oxygen atoms in total. The first-order chi connectivity index (χ1) is 11.4. The first-order valence-corrected chi connectivity index (χ1v) is 8.56. The van der Waals surface area contributed by atoms with Crippen molar-refractivity contribution in [3.63, 3.8) is 0 Å². The number of hydrogen-bond donors (Lipinski definition) is 4. The predicted molar refractivity (Wildman–Crippen MR) is 91.9 cm³/mol. The lowest BCUT2D eigenvalue weighted by Crippen LogP contribution is -2.62. The van der Waals surface area contributed by atoms with Gasteiger partial charge in [0.1, 0.15) is 5.60 Å². The molecule has 0 saturated carbocycles. The van der Waals surface area contributed by atoms with Crippen LogP contribution in [0.1, 0.15) is 18.4 Å². The maximum absolute atomic E-state index is 12.5. The molecule has 1 heterocycles. The van der Waals surface area contributed by atoms with Gasteiger partial charge in [0.05, 0.1) is 19.1 Å². The van der Waals surface area contributed by atoms with E-state index >= 15 is 0 Å². The topological polar surface area (TPSA) is 93.0 Å². The number of carbonyl (C=O) groups excluding carboxylic acids is 1. The first-order valence-electron chi connectivity index (χ1n) is 8.19. The third-order valence-corrected chi connectivity index (χ3v) is 4.57. The smallest absolute Gasteiger partial charge is 0.227 e. The molecule has 134 valence electrons. The minimum absolute atomic E-state index is 0.0691. The van der Waals surface area contributed by atoms with Gasteiger partial charge in [0, 0.05) is 24.7 Å². The summed E-state index contributed by atoms with van der Waals surface area (Å²) in [4.78, 5) is 14.1. The third kappa shape index (κ3) is 5.16. The Balaban J connectivity index is 1.92. The lowest BCUT2D eigenvalue weighted by Gasteiger charge is -2.43. The Bertz CT molecular complexity index is 540. The van der Waals surface area contributed by atoms with Gasteiger partial charge in [-0.05, 0) is 37.1 Å². The highest BCUT2D eigenvalue weighted by Gasteiger charge is 2.42. The summed E-state index contributed by atoms with van der Waals surface area (Å²) in [7, 11) is 0. The summed E-state index contributed by atoms with van der Waals surface area (Å²) in [6.07, 6.45) is 0.274. The van der Waals surface area contributed by atoms with E-state index < -0.39 is 11.7 Å². The van der Waals surface area contributed by atoms with Crippen LogP contribution in [0.5, 0.6) is 0 Å². The molecule has 1 aliphatic heterocycles. The van der Waals surface area contributed by atoms with Crippen molar-refractivity contribution in [3.8, 4) is 0 Å². The Hall–Kier alpha value is -1.18. The number of likely N-dealkylation sites (tertiary alicyclic amines) is 1. The number of piperidine rings is 1. The van der Waals surface area contributed by atoms with Crippen LogP contribution in [0.3, 0.4) is 0 Å². The van der Waals surface area contributed by atoms with Gasteiger partial charge in [0.15, 0.2) is 0 Å². The number of β-amino-alcohol motifs (C(OH)–C–C–N with tert-alkyl or cyclic N) is 1. The molecule has 1 aromatic carbocycles. The maximum atomic E-state index is 12.5. The summed E-state index contributed by atoms with van der Waals surface area (Å²) in [5.74, 6) is -0.0852. The summed E-state index contributed by atoms with van der Waals surface area (Å²) in [5.41, 5.74) is -0.510. The molecule has 1 aliphatic rings. The second-order valence-corrected chi connectivity index (χ2v) is 6.72. The molecular weight excluding hydrogens is 332 g/mol. The van der Waals surface area contributed by atoms with Gasteiger partial charge < -0.3 is 25.5 Å². The molecule has 0 radical (unpaired) electrons. The van der Waals surface area contributed by atoms with Crippen molar-refractivity contribution in [2.75, 3.05) is 32.8 Å². The van der Waals surface area contributed by atoms with E-state index in [1.807, 2.05) is 12.1 Å². The first kappa shape index (κ1) is 19.1. The van der Waals surface area contributed by atoms with Crippen molar-refractivity contribution >= 4 is 17.5 Å². The Morgan fingerprint density at radius 2 is 2.08 bits per heavy atom. The summed E-state index contributed by atoms with van der Waals surface area (Å²) < 4.78 is 0. The van der Waals surface area contributed by atoms with E-state index in [0.717, 1.165) is 5.56 Å². The van der Waals surface area contributed by atoms with Crippen molar-refractivity contribution in [2.24, 2.45) is 0 Å². The fourth-order valence-electron chi connectivity index (χ4n) is 2.85. The zero-order valence-electron chi connectivity index (χ0n) is 13.6. The molecule has 4 N–H and O–H groups in total. The Labute approximate surface area is 147 Å². The van der Waals surface area contributed by atoms with Gasteiger partial charge in [-0.15, -0.1) is 0 Å². The average Bonchev–Trinajstić information content (AvgIpc) is 2.56. The molecule has 1 amide bonds. The van der Waals surface area contributed by atoms with Gasteiger partial charge >= 0.3 is 0 Å². The Morgan fingerprint density at radius 1 is 1.38 bits per heavy atom. The zero-order valence-corrected chi connectivity index (χ0v) is 14.4. The van der Waals surface area contributed by atoms with E-state index in [2.05, 4.69) is 5.32 Å². The van der Waals surface area contributed by atoms with Crippen LogP contribution in [0, 0.1) is 0 Å². The molecule has 2 rings (SSSR count). The van der Waals surface area contributed by atoms with Crippen LogP contribution in [0.2, 0.25) is 5.02 Å². The molecule has 1 aromatic rings. The standard InChI is InChI=1S/C17H25ClN2O4/c18-14-4-2-13(3-5-14)10-16(23)20-8-6-15(22)17(24,12-20)11-19-7-1-9-21/h2-5,15,19,21-22,24H,1,6-12H2/t15-,17+/m1/s1. The Morgan fingerprint density at radius 3 is 2.75 bits per heavy atom. The number of halogens is 1. The summed E-state index contributed by atoms with van der Waals surface area (Å²) in [6.45, 7) is 1.31. The number of benzene rings is 1. The monoisotopic (exact) mass is 356 g/mol. The average molecular weight is 357 g/mol. The van der Waals surface area contributed by atoms with Crippen molar-refractivity contribution in [1.29, 1.82) is 0 Å². The van der Waals surface area contributed by atoms with E-state index in [0.29, 0.717) is 31.0 Å². The highest BCUT2D eigenvalue weighted by molar-refractivity contribution is 6.30. The van der Waals surface area contributed by atoms with Crippen molar-refractivity contribution in [1.82, 2.24) is 10.2 Å². The van der Waals surface area contributed by atoms with Crippen LogP contribution in [0.4, 0.5) is 0 Å². The Kier molecular flexibility index (Phi) is 7.01. The van der Waals surface area contributed by atoms with Crippen molar-refractivity contribution in [3.05, 3.63) is 34.9 Å². The van der Waals surface area contributed by atoms with Gasteiger partial charge in [-0.1, -0.05) is 23.7 Å². The third-order valence-electron chi connectivity index (χ3n) is 4.32. The number of carbonyl (C=O) groups is 1. The summed E-state index contributed by atoms with van der Waals surface area (Å²) >= 11 is 5.84. The molecule has 1 fully saturated rings. The second-order valence-electron chi connectivity index (χ2n) is 6.28. The molecule has 0 bridgehead atoms. The molecule has 7 heteroatoms. The minimum Gasteiger partial charge on any atom is -0.396 e. The molecule has 0 spiro atoms. The van der Waals surface area contributed by atoms with E-state index in [1.165, 1.54) is 0 Å².